The summed E-state index contributed by atoms with van der Waals surface area (Å²) >= 11 is 0. The second-order valence-corrected chi connectivity index (χ2v) is 5.95. The Morgan fingerprint density at radius 3 is 2.70 bits per heavy atom. The van der Waals surface area contributed by atoms with E-state index in [0.29, 0.717) is 13.1 Å². The van der Waals surface area contributed by atoms with Gasteiger partial charge in [0.2, 0.25) is 5.91 Å². The zero-order valence-electron chi connectivity index (χ0n) is 13.5. The first kappa shape index (κ1) is 15.5. The van der Waals surface area contributed by atoms with Gasteiger partial charge in [0.05, 0.1) is 0 Å². The van der Waals surface area contributed by atoms with Gasteiger partial charge < -0.3 is 9.64 Å². The number of carbonyl (C=O) groups is 1. The van der Waals surface area contributed by atoms with Crippen LogP contribution in [0.25, 0.3) is 0 Å². The van der Waals surface area contributed by atoms with Crippen LogP contribution in [0.15, 0.2) is 24.5 Å². The van der Waals surface area contributed by atoms with Crippen molar-refractivity contribution in [2.75, 3.05) is 13.1 Å². The van der Waals surface area contributed by atoms with Gasteiger partial charge in [-0.3, -0.25) is 4.79 Å². The van der Waals surface area contributed by atoms with Crippen molar-refractivity contribution >= 4 is 5.91 Å². The Morgan fingerprint density at radius 2 is 2.04 bits per heavy atom. The molecule has 0 spiro atoms. The Kier molecular flexibility index (Phi) is 4.55. The molecule has 1 saturated heterocycles. The van der Waals surface area contributed by atoms with Crippen molar-refractivity contribution in [3.05, 3.63) is 35.7 Å². The summed E-state index contributed by atoms with van der Waals surface area (Å²) in [5.74, 6) is 0.952. The van der Waals surface area contributed by atoms with Gasteiger partial charge in [0, 0.05) is 25.9 Å². The summed E-state index contributed by atoms with van der Waals surface area (Å²) in [4.78, 5) is 14.0. The normalized spacial score (nSPS) is 15.7. The lowest BCUT2D eigenvalue weighted by molar-refractivity contribution is -0.133. The number of aromatic nitrogens is 4. The number of hydrogen-bond acceptors (Lipinski definition) is 5. The third-order valence-corrected chi connectivity index (χ3v) is 4.26. The van der Waals surface area contributed by atoms with Crippen LogP contribution in [0, 0.1) is 13.8 Å². The molecule has 1 amide bonds. The number of nitrogens with zero attached hydrogens (tertiary/aromatic N) is 5. The topological polar surface area (TPSA) is 73.1 Å². The van der Waals surface area contributed by atoms with Gasteiger partial charge in [0.1, 0.15) is 24.7 Å². The zero-order chi connectivity index (χ0) is 16.2. The number of hydrogen-bond donors (Lipinski definition) is 0. The molecule has 0 atom stereocenters. The fourth-order valence-electron chi connectivity index (χ4n) is 2.69. The Bertz CT molecular complexity index is 663. The number of ether oxygens (including phenoxy) is 1. The first-order valence-electron chi connectivity index (χ1n) is 7.84. The standard InChI is InChI=1S/C16H21N5O2/c1-12-3-4-15(9-13(12)2)23-14-5-7-20(8-6-14)16(22)10-21-11-17-18-19-21/h3-4,9,11,14H,5-8,10H2,1-2H3. The van der Waals surface area contributed by atoms with Gasteiger partial charge in [-0.2, -0.15) is 0 Å². The SMILES string of the molecule is Cc1ccc(OC2CCN(C(=O)Cn3cnnn3)CC2)cc1C. The molecule has 0 unspecified atom stereocenters. The highest BCUT2D eigenvalue weighted by atomic mass is 16.5. The molecule has 2 aromatic rings. The fraction of sp³-hybridized carbons (Fsp3) is 0.500. The van der Waals surface area contributed by atoms with E-state index in [1.807, 2.05) is 11.0 Å². The van der Waals surface area contributed by atoms with Crippen LogP contribution in [0.4, 0.5) is 0 Å². The monoisotopic (exact) mass is 315 g/mol. The van der Waals surface area contributed by atoms with Crippen LogP contribution in [-0.2, 0) is 11.3 Å². The van der Waals surface area contributed by atoms with Gasteiger partial charge >= 0.3 is 0 Å². The van der Waals surface area contributed by atoms with Crippen molar-refractivity contribution in [2.24, 2.45) is 0 Å². The molecule has 1 aliphatic rings. The first-order chi connectivity index (χ1) is 11.1. The molecule has 1 fully saturated rings. The maximum Gasteiger partial charge on any atom is 0.244 e. The molecule has 122 valence electrons. The lowest BCUT2D eigenvalue weighted by atomic mass is 10.1. The minimum atomic E-state index is 0.0435. The van der Waals surface area contributed by atoms with Crippen LogP contribution in [0.1, 0.15) is 24.0 Å². The summed E-state index contributed by atoms with van der Waals surface area (Å²) in [6.45, 7) is 5.78. The number of amides is 1. The fourth-order valence-corrected chi connectivity index (χ4v) is 2.69. The number of carbonyl (C=O) groups excluding carboxylic acids is 1. The highest BCUT2D eigenvalue weighted by Gasteiger charge is 2.24. The lowest BCUT2D eigenvalue weighted by Gasteiger charge is -2.32. The number of piperidine rings is 1. The van der Waals surface area contributed by atoms with Crippen molar-refractivity contribution in [3.63, 3.8) is 0 Å². The quantitative estimate of drug-likeness (QED) is 0.852. The van der Waals surface area contributed by atoms with Crippen LogP contribution in [0.2, 0.25) is 0 Å². The van der Waals surface area contributed by atoms with Crippen LogP contribution < -0.4 is 4.74 Å². The summed E-state index contributed by atoms with van der Waals surface area (Å²) in [5.41, 5.74) is 2.50. The summed E-state index contributed by atoms with van der Waals surface area (Å²) in [7, 11) is 0. The number of benzene rings is 1. The van der Waals surface area contributed by atoms with Crippen LogP contribution in [0.5, 0.6) is 5.75 Å². The Morgan fingerprint density at radius 1 is 1.26 bits per heavy atom. The van der Waals surface area contributed by atoms with E-state index in [4.69, 9.17) is 4.74 Å². The molecule has 7 nitrogen and oxygen atoms in total. The van der Waals surface area contributed by atoms with Crippen LogP contribution in [0.3, 0.4) is 0 Å². The molecule has 0 radical (unpaired) electrons. The highest BCUT2D eigenvalue weighted by Crippen LogP contribution is 2.21. The van der Waals surface area contributed by atoms with Crippen molar-refractivity contribution in [3.8, 4) is 5.75 Å². The third-order valence-electron chi connectivity index (χ3n) is 4.26. The summed E-state index contributed by atoms with van der Waals surface area (Å²) < 4.78 is 7.49. The molecule has 0 bridgehead atoms. The molecule has 7 heteroatoms. The van der Waals surface area contributed by atoms with E-state index < -0.39 is 0 Å². The van der Waals surface area contributed by atoms with E-state index in [-0.39, 0.29) is 18.6 Å². The molecule has 1 aromatic heterocycles. The Labute approximate surface area is 135 Å². The Balaban J connectivity index is 1.50. The van der Waals surface area contributed by atoms with E-state index in [1.165, 1.54) is 22.1 Å². The summed E-state index contributed by atoms with van der Waals surface area (Å²) in [6.07, 6.45) is 3.30. The van der Waals surface area contributed by atoms with Gasteiger partial charge in [-0.1, -0.05) is 6.07 Å². The minimum absolute atomic E-state index is 0.0435. The number of likely N-dealkylation sites (tertiary alicyclic amines) is 1. The lowest BCUT2D eigenvalue weighted by Crippen LogP contribution is -2.43. The van der Waals surface area contributed by atoms with Crippen molar-refractivity contribution in [1.82, 2.24) is 25.1 Å². The average Bonchev–Trinajstić information content (AvgIpc) is 3.04. The molecule has 0 N–H and O–H groups in total. The molecular formula is C16H21N5O2. The first-order valence-corrected chi connectivity index (χ1v) is 7.84. The van der Waals surface area contributed by atoms with Gasteiger partial charge in [-0.05, 0) is 47.5 Å². The smallest absolute Gasteiger partial charge is 0.244 e. The largest absolute Gasteiger partial charge is 0.490 e. The van der Waals surface area contributed by atoms with Crippen molar-refractivity contribution in [2.45, 2.75) is 39.3 Å². The summed E-state index contributed by atoms with van der Waals surface area (Å²) in [5, 5.41) is 10.8. The van der Waals surface area contributed by atoms with E-state index in [0.717, 1.165) is 18.6 Å². The molecule has 2 heterocycles. The molecule has 1 aliphatic heterocycles. The van der Waals surface area contributed by atoms with E-state index in [1.54, 1.807) is 0 Å². The molecule has 1 aromatic carbocycles. The van der Waals surface area contributed by atoms with E-state index in [2.05, 4.69) is 41.5 Å². The predicted molar refractivity (Wildman–Crippen MR) is 84.0 cm³/mol. The summed E-state index contributed by atoms with van der Waals surface area (Å²) in [6, 6.07) is 6.16. The molecule has 0 saturated carbocycles. The number of tetrazole rings is 1. The van der Waals surface area contributed by atoms with E-state index >= 15 is 0 Å². The maximum absolute atomic E-state index is 12.2. The molecule has 23 heavy (non-hydrogen) atoms. The maximum atomic E-state index is 12.2. The third kappa shape index (κ3) is 3.85. The molecule has 0 aliphatic carbocycles. The van der Waals surface area contributed by atoms with Gasteiger partial charge in [-0.15, -0.1) is 5.10 Å². The molecular weight excluding hydrogens is 294 g/mol. The Hall–Kier alpha value is -2.44. The minimum Gasteiger partial charge on any atom is -0.490 e. The van der Waals surface area contributed by atoms with Crippen molar-refractivity contribution < 1.29 is 9.53 Å². The molecule has 3 rings (SSSR count). The van der Waals surface area contributed by atoms with Gasteiger partial charge in [0.25, 0.3) is 0 Å². The zero-order valence-corrected chi connectivity index (χ0v) is 13.5. The number of aryl methyl sites for hydroxylation is 2. The second-order valence-electron chi connectivity index (χ2n) is 5.95. The second kappa shape index (κ2) is 6.76. The van der Waals surface area contributed by atoms with Gasteiger partial charge in [0.15, 0.2) is 0 Å². The van der Waals surface area contributed by atoms with E-state index in [9.17, 15) is 4.79 Å². The van der Waals surface area contributed by atoms with Crippen LogP contribution in [-0.4, -0.2) is 50.2 Å². The number of rotatable bonds is 4. The van der Waals surface area contributed by atoms with Gasteiger partial charge in [-0.25, -0.2) is 4.68 Å². The highest BCUT2D eigenvalue weighted by molar-refractivity contribution is 5.75. The van der Waals surface area contributed by atoms with Crippen molar-refractivity contribution in [1.29, 1.82) is 0 Å². The van der Waals surface area contributed by atoms with Crippen LogP contribution >= 0.6 is 0 Å². The average molecular weight is 315 g/mol. The predicted octanol–water partition coefficient (Wildman–Crippen LogP) is 1.36.